The third-order valence-electron chi connectivity index (χ3n) is 4.16. The summed E-state index contributed by atoms with van der Waals surface area (Å²) in [5.74, 6) is -0.248. The molecule has 1 aromatic carbocycles. The fraction of sp³-hybridized carbons (Fsp3) is 0.611. The normalized spacial score (nSPS) is 13.0. The molecule has 0 radical (unpaired) electrons. The van der Waals surface area contributed by atoms with Crippen molar-refractivity contribution < 1.29 is 22.7 Å². The molecule has 0 aliphatic heterocycles. The Labute approximate surface area is 167 Å². The van der Waals surface area contributed by atoms with E-state index < -0.39 is 10.0 Å². The highest BCUT2D eigenvalue weighted by atomic mass is 32.2. The summed E-state index contributed by atoms with van der Waals surface area (Å²) in [5.41, 5.74) is 0.330. The van der Waals surface area contributed by atoms with Crippen LogP contribution in [0.4, 0.5) is 0 Å². The van der Waals surface area contributed by atoms with Crippen LogP contribution in [-0.4, -0.2) is 82.2 Å². The van der Waals surface area contributed by atoms with E-state index in [9.17, 15) is 13.2 Å². The second-order valence-electron chi connectivity index (χ2n) is 5.85. The number of hydrogen-bond donors (Lipinski definition) is 0. The van der Waals surface area contributed by atoms with Crippen LogP contribution in [0.2, 0.25) is 0 Å². The average Bonchev–Trinajstić information content (AvgIpc) is 2.67. The van der Waals surface area contributed by atoms with Gasteiger partial charge in [-0.1, -0.05) is 13.0 Å². The molecule has 0 saturated carbocycles. The number of methoxy groups -OCH3 is 2. The topological polar surface area (TPSA) is 76.2 Å². The van der Waals surface area contributed by atoms with Crippen LogP contribution in [0.25, 0.3) is 0 Å². The SMILES string of the molecule is CCN(C(C)SC)S(=O)(=O)c1cccc(C(=O)N(CCOC)CCOC)c1. The smallest absolute Gasteiger partial charge is 0.254 e. The minimum atomic E-state index is -3.69. The molecule has 0 heterocycles. The maximum Gasteiger partial charge on any atom is 0.254 e. The van der Waals surface area contributed by atoms with E-state index in [2.05, 4.69) is 0 Å². The number of amides is 1. The van der Waals surface area contributed by atoms with Gasteiger partial charge in [-0.25, -0.2) is 8.42 Å². The van der Waals surface area contributed by atoms with Crippen LogP contribution in [0.1, 0.15) is 24.2 Å². The Bertz CT molecular complexity index is 689. The highest BCUT2D eigenvalue weighted by Crippen LogP contribution is 2.23. The van der Waals surface area contributed by atoms with Gasteiger partial charge in [0.2, 0.25) is 10.0 Å². The zero-order valence-corrected chi connectivity index (χ0v) is 18.3. The molecule has 1 atom stereocenters. The van der Waals surface area contributed by atoms with E-state index in [1.165, 1.54) is 28.2 Å². The molecule has 0 N–H and O–H groups in total. The number of thioether (sulfide) groups is 1. The Hall–Kier alpha value is -1.13. The quantitative estimate of drug-likeness (QED) is 0.484. The molecule has 1 amide bonds. The van der Waals surface area contributed by atoms with Crippen LogP contribution < -0.4 is 0 Å². The second kappa shape index (κ2) is 11.7. The van der Waals surface area contributed by atoms with E-state index in [1.54, 1.807) is 38.2 Å². The third-order valence-corrected chi connectivity index (χ3v) is 7.28. The van der Waals surface area contributed by atoms with E-state index in [4.69, 9.17) is 9.47 Å². The zero-order valence-electron chi connectivity index (χ0n) is 16.7. The van der Waals surface area contributed by atoms with Crippen LogP contribution in [0, 0.1) is 0 Å². The lowest BCUT2D eigenvalue weighted by molar-refractivity contribution is 0.0627. The summed E-state index contributed by atoms with van der Waals surface area (Å²) in [6, 6.07) is 6.20. The molecule has 1 aromatic rings. The average molecular weight is 419 g/mol. The molecular weight excluding hydrogens is 388 g/mol. The van der Waals surface area contributed by atoms with Gasteiger partial charge >= 0.3 is 0 Å². The third kappa shape index (κ3) is 6.46. The van der Waals surface area contributed by atoms with Crippen LogP contribution in [-0.2, 0) is 19.5 Å². The molecule has 1 unspecified atom stereocenters. The lowest BCUT2D eigenvalue weighted by atomic mass is 10.2. The van der Waals surface area contributed by atoms with Crippen molar-refractivity contribution in [3.63, 3.8) is 0 Å². The van der Waals surface area contributed by atoms with Crippen LogP contribution in [0.15, 0.2) is 29.2 Å². The second-order valence-corrected chi connectivity index (χ2v) is 8.89. The van der Waals surface area contributed by atoms with E-state index in [0.717, 1.165) is 0 Å². The lowest BCUT2D eigenvalue weighted by Crippen LogP contribution is -2.37. The Morgan fingerprint density at radius 2 is 1.78 bits per heavy atom. The Morgan fingerprint density at radius 1 is 1.19 bits per heavy atom. The van der Waals surface area contributed by atoms with Gasteiger partial charge in [-0.15, -0.1) is 11.8 Å². The van der Waals surface area contributed by atoms with E-state index >= 15 is 0 Å². The standard InChI is InChI=1S/C18H30N2O5S2/c1-6-20(15(2)26-5)27(22,23)17-9-7-8-16(14-17)18(21)19(10-12-24-3)11-13-25-4/h7-9,14-15H,6,10-13H2,1-5H3. The summed E-state index contributed by atoms with van der Waals surface area (Å²) in [7, 11) is -0.550. The van der Waals surface area contributed by atoms with Crippen molar-refractivity contribution in [3.8, 4) is 0 Å². The number of ether oxygens (including phenoxy) is 2. The lowest BCUT2D eigenvalue weighted by Gasteiger charge is -2.26. The van der Waals surface area contributed by atoms with Crippen molar-refractivity contribution in [2.75, 3.05) is 53.3 Å². The van der Waals surface area contributed by atoms with Gasteiger partial charge in [0.1, 0.15) is 0 Å². The predicted octanol–water partition coefficient (Wildman–Crippen LogP) is 2.14. The molecule has 9 heteroatoms. The summed E-state index contributed by atoms with van der Waals surface area (Å²) in [4.78, 5) is 14.6. The Kier molecular flexibility index (Phi) is 10.3. The number of rotatable bonds is 12. The first kappa shape index (κ1) is 23.9. The summed E-state index contributed by atoms with van der Waals surface area (Å²) >= 11 is 1.46. The molecule has 0 saturated heterocycles. The predicted molar refractivity (Wildman–Crippen MR) is 109 cm³/mol. The molecule has 154 valence electrons. The van der Waals surface area contributed by atoms with Crippen molar-refractivity contribution >= 4 is 27.7 Å². The van der Waals surface area contributed by atoms with Crippen LogP contribution >= 0.6 is 11.8 Å². The molecule has 0 fully saturated rings. The van der Waals surface area contributed by atoms with Gasteiger partial charge in [0, 0.05) is 39.4 Å². The monoisotopic (exact) mass is 418 g/mol. The van der Waals surface area contributed by atoms with E-state index in [-0.39, 0.29) is 16.2 Å². The fourth-order valence-corrected chi connectivity index (χ4v) is 5.08. The fourth-order valence-electron chi connectivity index (χ4n) is 2.57. The minimum absolute atomic E-state index is 0.120. The van der Waals surface area contributed by atoms with Gasteiger partial charge in [-0.2, -0.15) is 4.31 Å². The summed E-state index contributed by atoms with van der Waals surface area (Å²) in [5, 5.41) is -0.195. The first-order chi connectivity index (χ1) is 12.8. The Balaban J connectivity index is 3.16. The molecule has 0 aliphatic rings. The molecule has 27 heavy (non-hydrogen) atoms. The van der Waals surface area contributed by atoms with Gasteiger partial charge in [-0.3, -0.25) is 4.79 Å². The molecular formula is C18H30N2O5S2. The summed E-state index contributed by atoms with van der Waals surface area (Å²) < 4.78 is 37.5. The largest absolute Gasteiger partial charge is 0.383 e. The maximum atomic E-state index is 13.0. The number of benzene rings is 1. The van der Waals surface area contributed by atoms with Crippen molar-refractivity contribution in [3.05, 3.63) is 29.8 Å². The highest BCUT2D eigenvalue weighted by Gasteiger charge is 2.28. The van der Waals surface area contributed by atoms with Crippen molar-refractivity contribution in [2.45, 2.75) is 24.1 Å². The van der Waals surface area contributed by atoms with Crippen molar-refractivity contribution in [1.29, 1.82) is 0 Å². The number of nitrogens with zero attached hydrogens (tertiary/aromatic N) is 2. The van der Waals surface area contributed by atoms with Gasteiger partial charge < -0.3 is 14.4 Å². The van der Waals surface area contributed by atoms with Gasteiger partial charge in [-0.05, 0) is 31.4 Å². The van der Waals surface area contributed by atoms with Crippen LogP contribution in [0.3, 0.4) is 0 Å². The number of carbonyl (C=O) groups excluding carboxylic acids is 1. The number of sulfonamides is 1. The first-order valence-electron chi connectivity index (χ1n) is 8.75. The van der Waals surface area contributed by atoms with E-state index in [0.29, 0.717) is 38.4 Å². The van der Waals surface area contributed by atoms with Crippen LogP contribution in [0.5, 0.6) is 0 Å². The highest BCUT2D eigenvalue weighted by molar-refractivity contribution is 8.00. The zero-order chi connectivity index (χ0) is 20.4. The number of carbonyl (C=O) groups is 1. The molecule has 0 aliphatic carbocycles. The van der Waals surface area contributed by atoms with Crippen molar-refractivity contribution in [2.24, 2.45) is 0 Å². The maximum absolute atomic E-state index is 13.0. The van der Waals surface area contributed by atoms with Gasteiger partial charge in [0.15, 0.2) is 0 Å². The number of hydrogen-bond acceptors (Lipinski definition) is 6. The summed E-state index contributed by atoms with van der Waals surface area (Å²) in [6.45, 7) is 5.59. The summed E-state index contributed by atoms with van der Waals surface area (Å²) in [6.07, 6.45) is 1.87. The molecule has 0 bridgehead atoms. The molecule has 0 spiro atoms. The minimum Gasteiger partial charge on any atom is -0.383 e. The van der Waals surface area contributed by atoms with E-state index in [1.807, 2.05) is 13.2 Å². The molecule has 7 nitrogen and oxygen atoms in total. The van der Waals surface area contributed by atoms with Gasteiger partial charge in [0.25, 0.3) is 5.91 Å². The van der Waals surface area contributed by atoms with Crippen molar-refractivity contribution in [1.82, 2.24) is 9.21 Å². The molecule has 0 aromatic heterocycles. The molecule has 1 rings (SSSR count). The first-order valence-corrected chi connectivity index (χ1v) is 11.5. The van der Waals surface area contributed by atoms with Gasteiger partial charge in [0.05, 0.1) is 23.5 Å². The Morgan fingerprint density at radius 3 is 2.26 bits per heavy atom.